The number of rotatable bonds is 15. The van der Waals surface area contributed by atoms with Crippen molar-refractivity contribution in [2.75, 3.05) is 20.3 Å². The molecule has 1 aliphatic rings. The fraction of sp³-hybridized carbons (Fsp3) is 0.542. The Labute approximate surface area is 187 Å². The van der Waals surface area contributed by atoms with Gasteiger partial charge in [0.2, 0.25) is 0 Å². The first-order valence-corrected chi connectivity index (χ1v) is 12.6. The van der Waals surface area contributed by atoms with E-state index in [1.807, 2.05) is 0 Å². The lowest BCUT2D eigenvalue weighted by molar-refractivity contribution is -0.151. The second-order valence-corrected chi connectivity index (χ2v) is 8.98. The van der Waals surface area contributed by atoms with Crippen molar-refractivity contribution in [3.05, 3.63) is 60.8 Å². The lowest BCUT2D eigenvalue weighted by atomic mass is 10.2. The lowest BCUT2D eigenvalue weighted by Gasteiger charge is -2.28. The van der Waals surface area contributed by atoms with Crippen molar-refractivity contribution in [3.63, 3.8) is 0 Å². The average molecular weight is 452 g/mol. The van der Waals surface area contributed by atoms with Crippen LogP contribution in [-0.4, -0.2) is 32.3 Å². The first kappa shape index (κ1) is 27.3. The maximum Gasteiger partial charge on any atom is 0.405 e. The Bertz CT molecular complexity index is 669. The van der Waals surface area contributed by atoms with E-state index in [1.165, 1.54) is 7.11 Å². The lowest BCUT2D eigenvalue weighted by Crippen LogP contribution is -2.38. The first-order valence-electron chi connectivity index (χ1n) is 11.1. The molecule has 1 saturated heterocycles. The summed E-state index contributed by atoms with van der Waals surface area (Å²) in [5.41, 5.74) is 0. The van der Waals surface area contributed by atoms with Crippen molar-refractivity contribution < 1.29 is 23.1 Å². The van der Waals surface area contributed by atoms with Crippen molar-refractivity contribution in [2.45, 2.75) is 64.4 Å². The quantitative estimate of drug-likeness (QED) is 0.138. The molecular formula is C24H38NO5P. The van der Waals surface area contributed by atoms with Gasteiger partial charge in [0.1, 0.15) is 6.10 Å². The van der Waals surface area contributed by atoms with Gasteiger partial charge in [-0.2, -0.15) is 0 Å². The minimum absolute atomic E-state index is 0.0820. The van der Waals surface area contributed by atoms with Crippen LogP contribution in [0.1, 0.15) is 58.3 Å². The first-order chi connectivity index (χ1) is 15.1. The highest BCUT2D eigenvalue weighted by Gasteiger charge is 2.32. The summed E-state index contributed by atoms with van der Waals surface area (Å²) in [5.74, 6) is -0.267. The Morgan fingerprint density at radius 1 is 0.968 bits per heavy atom. The molecule has 1 rings (SSSR count). The van der Waals surface area contributed by atoms with Crippen LogP contribution in [0.5, 0.6) is 0 Å². The van der Waals surface area contributed by atoms with Crippen molar-refractivity contribution in [3.8, 4) is 0 Å². The molecule has 2 atom stereocenters. The Balaban J connectivity index is 1.99. The number of esters is 1. The van der Waals surface area contributed by atoms with Gasteiger partial charge in [-0.1, -0.05) is 67.7 Å². The largest absolute Gasteiger partial charge is 0.458 e. The minimum Gasteiger partial charge on any atom is -0.458 e. The average Bonchev–Trinajstić information content (AvgIpc) is 2.77. The maximum atomic E-state index is 11.8. The van der Waals surface area contributed by atoms with Gasteiger partial charge in [-0.05, 0) is 44.9 Å². The van der Waals surface area contributed by atoms with Gasteiger partial charge in [-0.15, -0.1) is 0 Å². The van der Waals surface area contributed by atoms with Crippen LogP contribution >= 0.6 is 7.75 Å². The summed E-state index contributed by atoms with van der Waals surface area (Å²) in [4.78, 5) is 11.8. The molecule has 0 spiro atoms. The minimum atomic E-state index is -3.20. The number of hydrogen-bond donors (Lipinski definition) is 1. The van der Waals surface area contributed by atoms with E-state index in [2.05, 4.69) is 72.8 Å². The van der Waals surface area contributed by atoms with E-state index < -0.39 is 13.9 Å². The third-order valence-electron chi connectivity index (χ3n) is 4.39. The highest BCUT2D eigenvalue weighted by Crippen LogP contribution is 2.44. The highest BCUT2D eigenvalue weighted by molar-refractivity contribution is 7.51. The Morgan fingerprint density at radius 2 is 1.52 bits per heavy atom. The molecule has 0 saturated carbocycles. The van der Waals surface area contributed by atoms with Gasteiger partial charge in [0, 0.05) is 20.1 Å². The molecule has 2 unspecified atom stereocenters. The molecule has 1 N–H and O–H groups in total. The second kappa shape index (κ2) is 17.9. The van der Waals surface area contributed by atoms with Gasteiger partial charge < -0.3 is 9.26 Å². The molecule has 7 heteroatoms. The fourth-order valence-corrected chi connectivity index (χ4v) is 3.79. The molecule has 174 valence electrons. The molecule has 0 radical (unpaired) electrons. The van der Waals surface area contributed by atoms with Crippen LogP contribution in [0.3, 0.4) is 0 Å². The summed E-state index contributed by atoms with van der Waals surface area (Å²) in [6.07, 6.45) is 28.1. The molecule has 0 amide bonds. The van der Waals surface area contributed by atoms with Crippen LogP contribution in [0.25, 0.3) is 0 Å². The smallest absolute Gasteiger partial charge is 0.405 e. The number of hydrogen-bond acceptors (Lipinski definition) is 5. The molecule has 1 heterocycles. The van der Waals surface area contributed by atoms with E-state index in [4.69, 9.17) is 13.8 Å². The zero-order valence-electron chi connectivity index (χ0n) is 18.9. The van der Waals surface area contributed by atoms with Crippen LogP contribution in [0, 0.1) is 0 Å². The van der Waals surface area contributed by atoms with Gasteiger partial charge in [0.05, 0.1) is 6.61 Å². The van der Waals surface area contributed by atoms with E-state index in [-0.39, 0.29) is 19.1 Å². The summed E-state index contributed by atoms with van der Waals surface area (Å²) >= 11 is 0. The summed E-state index contributed by atoms with van der Waals surface area (Å²) in [6.45, 7) is 2.49. The molecule has 0 aliphatic carbocycles. The molecule has 0 aromatic rings. The Kier molecular flexibility index (Phi) is 15.8. The molecule has 1 aliphatic heterocycles. The SMILES string of the molecule is CC/C=C\C/C=C\C/C=C\C/C=C\C/C=C\CCCC(=O)OC1CNP(=O)(OC)OC1. The summed E-state index contributed by atoms with van der Waals surface area (Å²) in [6, 6.07) is 0. The molecular weight excluding hydrogens is 413 g/mol. The summed E-state index contributed by atoms with van der Waals surface area (Å²) < 4.78 is 26.9. The highest BCUT2D eigenvalue weighted by atomic mass is 31.2. The maximum absolute atomic E-state index is 11.8. The fourth-order valence-electron chi connectivity index (χ4n) is 2.67. The Hall–Kier alpha value is -1.72. The van der Waals surface area contributed by atoms with E-state index >= 15 is 0 Å². The van der Waals surface area contributed by atoms with Crippen molar-refractivity contribution in [1.29, 1.82) is 0 Å². The third kappa shape index (κ3) is 14.8. The predicted molar refractivity (Wildman–Crippen MR) is 127 cm³/mol. The van der Waals surface area contributed by atoms with Gasteiger partial charge in [0.15, 0.2) is 0 Å². The normalized spacial score (nSPS) is 22.6. The molecule has 1 fully saturated rings. The Morgan fingerprint density at radius 3 is 2.00 bits per heavy atom. The number of ether oxygens (including phenoxy) is 1. The number of nitrogens with one attached hydrogen (secondary N) is 1. The standard InChI is InChI=1S/C24H38NO5P/c1-3-4-5-6-7-8-9-10-11-12-13-14-15-16-17-18-19-20-24(26)30-23-21-25-31(27,28-2)29-22-23/h4-5,7-8,10-11,13-14,16-17,23H,3,6,9,12,15,18-22H2,1-2H3,(H,25,27)/b5-4-,8-7-,11-10-,14-13-,17-16-. The van der Waals surface area contributed by atoms with Gasteiger partial charge in [-0.3, -0.25) is 9.32 Å². The van der Waals surface area contributed by atoms with Crippen molar-refractivity contribution >= 4 is 13.7 Å². The molecule has 0 aromatic carbocycles. The number of allylic oxidation sites excluding steroid dienone is 10. The summed E-state index contributed by atoms with van der Waals surface area (Å²) in [7, 11) is -1.88. The van der Waals surface area contributed by atoms with E-state index in [1.54, 1.807) is 0 Å². The zero-order valence-corrected chi connectivity index (χ0v) is 19.8. The zero-order chi connectivity index (χ0) is 22.6. The van der Waals surface area contributed by atoms with Crippen LogP contribution in [0.4, 0.5) is 0 Å². The van der Waals surface area contributed by atoms with Gasteiger partial charge >= 0.3 is 13.7 Å². The predicted octanol–water partition coefficient (Wildman–Crippen LogP) is 6.19. The molecule has 0 bridgehead atoms. The van der Waals surface area contributed by atoms with Gasteiger partial charge in [-0.25, -0.2) is 9.65 Å². The molecule has 0 aromatic heterocycles. The van der Waals surface area contributed by atoms with E-state index in [9.17, 15) is 9.36 Å². The van der Waals surface area contributed by atoms with Crippen LogP contribution < -0.4 is 5.09 Å². The molecule has 31 heavy (non-hydrogen) atoms. The molecule has 6 nitrogen and oxygen atoms in total. The van der Waals surface area contributed by atoms with E-state index in [0.29, 0.717) is 6.42 Å². The van der Waals surface area contributed by atoms with Crippen molar-refractivity contribution in [2.24, 2.45) is 0 Å². The number of carbonyl (C=O) groups excluding carboxylic acids is 1. The third-order valence-corrected chi connectivity index (χ3v) is 5.93. The van der Waals surface area contributed by atoms with Gasteiger partial charge in [0.25, 0.3) is 0 Å². The topological polar surface area (TPSA) is 73.9 Å². The van der Waals surface area contributed by atoms with E-state index in [0.717, 1.165) is 44.9 Å². The number of carbonyl (C=O) groups is 1. The van der Waals surface area contributed by atoms with Crippen molar-refractivity contribution in [1.82, 2.24) is 5.09 Å². The van der Waals surface area contributed by atoms with Crippen LogP contribution in [0.15, 0.2) is 60.8 Å². The summed E-state index contributed by atoms with van der Waals surface area (Å²) in [5, 5.41) is 2.63. The van der Waals surface area contributed by atoms with Crippen LogP contribution in [0.2, 0.25) is 0 Å². The monoisotopic (exact) mass is 451 g/mol. The number of unbranched alkanes of at least 4 members (excludes halogenated alkanes) is 1. The second-order valence-electron chi connectivity index (χ2n) is 7.05. The van der Waals surface area contributed by atoms with Crippen LogP contribution in [-0.2, 0) is 23.1 Å².